The molecule has 0 atom stereocenters. The van der Waals surface area contributed by atoms with E-state index in [2.05, 4.69) is 21.2 Å². The van der Waals surface area contributed by atoms with Gasteiger partial charge in [0.25, 0.3) is 0 Å². The summed E-state index contributed by atoms with van der Waals surface area (Å²) in [6, 6.07) is 12.3. The van der Waals surface area contributed by atoms with Crippen LogP contribution >= 0.6 is 28.1 Å². The van der Waals surface area contributed by atoms with Crippen molar-refractivity contribution in [1.29, 1.82) is 0 Å². The molecule has 0 heterocycles. The summed E-state index contributed by atoms with van der Waals surface area (Å²) < 4.78 is 14.2. The third kappa shape index (κ3) is 3.75. The van der Waals surface area contributed by atoms with Gasteiger partial charge in [-0.3, -0.25) is 0 Å². The fraction of sp³-hybridized carbons (Fsp3) is 0.0714. The van der Waals surface area contributed by atoms with Gasteiger partial charge < -0.3 is 11.1 Å². The first-order valence-corrected chi connectivity index (χ1v) is 6.84. The molecule has 98 valence electrons. The van der Waals surface area contributed by atoms with Gasteiger partial charge in [0, 0.05) is 22.3 Å². The van der Waals surface area contributed by atoms with Gasteiger partial charge in [-0.25, -0.2) is 4.39 Å². The maximum atomic E-state index is 13.2. The molecule has 0 aliphatic heterocycles. The maximum absolute atomic E-state index is 13.2. The van der Waals surface area contributed by atoms with Crippen molar-refractivity contribution in [2.45, 2.75) is 6.54 Å². The average Bonchev–Trinajstić information content (AvgIpc) is 2.37. The molecule has 19 heavy (non-hydrogen) atoms. The van der Waals surface area contributed by atoms with Crippen LogP contribution in [0.2, 0.25) is 0 Å². The summed E-state index contributed by atoms with van der Waals surface area (Å²) in [4.78, 5) is 0.177. The second-order valence-corrected chi connectivity index (χ2v) is 5.39. The van der Waals surface area contributed by atoms with Gasteiger partial charge in [-0.05, 0) is 35.9 Å². The minimum atomic E-state index is -0.351. The molecule has 2 aromatic rings. The van der Waals surface area contributed by atoms with E-state index in [1.54, 1.807) is 6.07 Å². The van der Waals surface area contributed by atoms with Crippen LogP contribution in [-0.2, 0) is 6.54 Å². The van der Waals surface area contributed by atoms with Gasteiger partial charge in [0.15, 0.2) is 0 Å². The van der Waals surface area contributed by atoms with Crippen LogP contribution in [-0.4, -0.2) is 4.99 Å². The van der Waals surface area contributed by atoms with E-state index in [9.17, 15) is 4.39 Å². The zero-order chi connectivity index (χ0) is 13.8. The normalized spacial score (nSPS) is 10.2. The maximum Gasteiger partial charge on any atom is 0.124 e. The van der Waals surface area contributed by atoms with Gasteiger partial charge in [-0.1, -0.05) is 40.3 Å². The number of hydrogen-bond acceptors (Lipinski definition) is 2. The van der Waals surface area contributed by atoms with Gasteiger partial charge in [0.2, 0.25) is 0 Å². The lowest BCUT2D eigenvalue weighted by atomic mass is 10.1. The molecule has 3 N–H and O–H groups in total. The number of rotatable bonds is 4. The highest BCUT2D eigenvalue weighted by molar-refractivity contribution is 9.10. The third-order valence-electron chi connectivity index (χ3n) is 2.62. The molecule has 2 nitrogen and oxygen atoms in total. The van der Waals surface area contributed by atoms with Crippen LogP contribution in [0, 0.1) is 5.82 Å². The number of halogens is 2. The fourth-order valence-electron chi connectivity index (χ4n) is 1.72. The number of hydrogen-bond donors (Lipinski definition) is 2. The highest BCUT2D eigenvalue weighted by Crippen LogP contribution is 2.19. The highest BCUT2D eigenvalue weighted by Gasteiger charge is 2.06. The smallest absolute Gasteiger partial charge is 0.124 e. The summed E-state index contributed by atoms with van der Waals surface area (Å²) in [6.45, 7) is 0.612. The van der Waals surface area contributed by atoms with Crippen molar-refractivity contribution in [2.75, 3.05) is 5.32 Å². The minimum Gasteiger partial charge on any atom is -0.389 e. The van der Waals surface area contributed by atoms with Crippen LogP contribution in [0.1, 0.15) is 11.1 Å². The van der Waals surface area contributed by atoms with E-state index in [1.165, 1.54) is 12.1 Å². The predicted octanol–water partition coefficient (Wildman–Crippen LogP) is 3.83. The Morgan fingerprint density at radius 2 is 2.05 bits per heavy atom. The Balaban J connectivity index is 2.17. The van der Waals surface area contributed by atoms with Crippen molar-refractivity contribution in [2.24, 2.45) is 5.73 Å². The van der Waals surface area contributed by atoms with Crippen molar-refractivity contribution in [1.82, 2.24) is 0 Å². The van der Waals surface area contributed by atoms with Crippen LogP contribution in [0.3, 0.4) is 0 Å². The first-order chi connectivity index (χ1) is 9.06. The van der Waals surface area contributed by atoms with E-state index in [0.29, 0.717) is 12.1 Å². The summed E-state index contributed by atoms with van der Waals surface area (Å²) in [6.07, 6.45) is 0. The monoisotopic (exact) mass is 338 g/mol. The van der Waals surface area contributed by atoms with Gasteiger partial charge in [0.1, 0.15) is 10.8 Å². The molecule has 5 heteroatoms. The summed E-state index contributed by atoms with van der Waals surface area (Å²) in [5, 5.41) is 3.21. The molecule has 2 rings (SSSR count). The summed E-state index contributed by atoms with van der Waals surface area (Å²) in [5.41, 5.74) is 7.95. The molecule has 0 aliphatic carbocycles. The topological polar surface area (TPSA) is 38.0 Å². The molecule has 0 amide bonds. The molecule has 0 fully saturated rings. The molecule has 2 aromatic carbocycles. The molecule has 0 radical (unpaired) electrons. The second kappa shape index (κ2) is 6.12. The van der Waals surface area contributed by atoms with E-state index >= 15 is 0 Å². The largest absolute Gasteiger partial charge is 0.389 e. The Labute approximate surface area is 124 Å². The number of thiocarbonyl (C=S) groups is 1. The lowest BCUT2D eigenvalue weighted by Crippen LogP contribution is -2.13. The van der Waals surface area contributed by atoms with Crippen LogP contribution in [0.25, 0.3) is 0 Å². The van der Waals surface area contributed by atoms with Crippen molar-refractivity contribution in [3.63, 3.8) is 0 Å². The zero-order valence-electron chi connectivity index (χ0n) is 9.99. The standard InChI is InChI=1S/C14H12BrFN2S/c15-10-3-1-2-9(6-10)8-18-13-5-4-11(16)7-12(13)14(17)19/h1-7,18H,8H2,(H2,17,19). The summed E-state index contributed by atoms with van der Waals surface area (Å²) >= 11 is 8.34. The van der Waals surface area contributed by atoms with Crippen molar-refractivity contribution >= 4 is 38.8 Å². The fourth-order valence-corrected chi connectivity index (χ4v) is 2.33. The van der Waals surface area contributed by atoms with Gasteiger partial charge >= 0.3 is 0 Å². The first-order valence-electron chi connectivity index (χ1n) is 5.64. The van der Waals surface area contributed by atoms with Crippen LogP contribution in [0.5, 0.6) is 0 Å². The lowest BCUT2D eigenvalue weighted by Gasteiger charge is -2.11. The Hall–Kier alpha value is -1.46. The Kier molecular flexibility index (Phi) is 4.50. The van der Waals surface area contributed by atoms with E-state index in [1.807, 2.05) is 24.3 Å². The SMILES string of the molecule is NC(=S)c1cc(F)ccc1NCc1cccc(Br)c1. The molecular formula is C14H12BrFN2S. The van der Waals surface area contributed by atoms with Crippen molar-refractivity contribution < 1.29 is 4.39 Å². The Morgan fingerprint density at radius 3 is 2.74 bits per heavy atom. The Bertz CT molecular complexity index is 616. The average molecular weight is 339 g/mol. The second-order valence-electron chi connectivity index (χ2n) is 4.04. The number of benzene rings is 2. The van der Waals surface area contributed by atoms with Crippen LogP contribution in [0.15, 0.2) is 46.9 Å². The van der Waals surface area contributed by atoms with E-state index in [0.717, 1.165) is 15.7 Å². The van der Waals surface area contributed by atoms with Crippen LogP contribution < -0.4 is 11.1 Å². The quantitative estimate of drug-likeness (QED) is 0.832. The number of anilines is 1. The molecule has 0 bridgehead atoms. The summed E-state index contributed by atoms with van der Waals surface area (Å²) in [7, 11) is 0. The molecule has 0 unspecified atom stereocenters. The van der Waals surface area contributed by atoms with Gasteiger partial charge in [0.05, 0.1) is 0 Å². The molecule has 0 aromatic heterocycles. The van der Waals surface area contributed by atoms with E-state index in [4.69, 9.17) is 18.0 Å². The van der Waals surface area contributed by atoms with E-state index in [-0.39, 0.29) is 10.8 Å². The van der Waals surface area contributed by atoms with Gasteiger partial charge in [-0.2, -0.15) is 0 Å². The summed E-state index contributed by atoms with van der Waals surface area (Å²) in [5.74, 6) is -0.351. The molecule has 0 spiro atoms. The highest BCUT2D eigenvalue weighted by atomic mass is 79.9. The predicted molar refractivity (Wildman–Crippen MR) is 83.8 cm³/mol. The molecule has 0 saturated heterocycles. The molecular weight excluding hydrogens is 327 g/mol. The number of nitrogens with two attached hydrogens (primary N) is 1. The van der Waals surface area contributed by atoms with Crippen molar-refractivity contribution in [3.05, 3.63) is 63.9 Å². The minimum absolute atomic E-state index is 0.177. The van der Waals surface area contributed by atoms with Crippen molar-refractivity contribution in [3.8, 4) is 0 Å². The molecule has 0 saturated carbocycles. The first kappa shape index (κ1) is 14.0. The lowest BCUT2D eigenvalue weighted by molar-refractivity contribution is 0.627. The Morgan fingerprint density at radius 1 is 1.26 bits per heavy atom. The van der Waals surface area contributed by atoms with Gasteiger partial charge in [-0.15, -0.1) is 0 Å². The van der Waals surface area contributed by atoms with E-state index < -0.39 is 0 Å². The molecule has 0 aliphatic rings. The third-order valence-corrected chi connectivity index (χ3v) is 3.33. The van der Waals surface area contributed by atoms with Crippen LogP contribution in [0.4, 0.5) is 10.1 Å². The zero-order valence-corrected chi connectivity index (χ0v) is 12.4. The number of nitrogens with one attached hydrogen (secondary N) is 1.